The van der Waals surface area contributed by atoms with Crippen molar-refractivity contribution in [2.75, 3.05) is 0 Å². The molecular formula is C19H15FN4O3S. The summed E-state index contributed by atoms with van der Waals surface area (Å²) in [4.78, 5) is 28.9. The number of benzene rings is 1. The second-order valence-corrected chi connectivity index (χ2v) is 7.01. The van der Waals surface area contributed by atoms with E-state index >= 15 is 0 Å². The van der Waals surface area contributed by atoms with Crippen LogP contribution in [0.15, 0.2) is 57.4 Å². The molecule has 1 aromatic carbocycles. The van der Waals surface area contributed by atoms with Crippen molar-refractivity contribution in [3.8, 4) is 0 Å². The average molecular weight is 398 g/mol. The molecule has 0 aliphatic carbocycles. The fraction of sp³-hybridized carbons (Fsp3) is 0.158. The molecule has 4 rings (SSSR count). The third-order valence-corrected chi connectivity index (χ3v) is 4.98. The molecule has 0 spiro atoms. The van der Waals surface area contributed by atoms with Crippen molar-refractivity contribution in [2.24, 2.45) is 0 Å². The van der Waals surface area contributed by atoms with Crippen LogP contribution < -0.4 is 10.9 Å². The molecular weight excluding hydrogens is 383 g/mol. The zero-order valence-corrected chi connectivity index (χ0v) is 15.4. The number of amides is 1. The third-order valence-electron chi connectivity index (χ3n) is 4.11. The summed E-state index contributed by atoms with van der Waals surface area (Å²) in [6, 6.07) is 7.64. The number of aromatic nitrogens is 3. The first-order valence-corrected chi connectivity index (χ1v) is 9.35. The van der Waals surface area contributed by atoms with Crippen LogP contribution in [0, 0.1) is 5.82 Å². The predicted octanol–water partition coefficient (Wildman–Crippen LogP) is 2.33. The van der Waals surface area contributed by atoms with E-state index in [-0.39, 0.29) is 30.3 Å². The lowest BCUT2D eigenvalue weighted by Gasteiger charge is -2.05. The predicted molar refractivity (Wildman–Crippen MR) is 101 cm³/mol. The number of thiazole rings is 1. The van der Waals surface area contributed by atoms with Crippen molar-refractivity contribution >= 4 is 22.2 Å². The molecule has 0 atom stereocenters. The van der Waals surface area contributed by atoms with Crippen LogP contribution in [0.2, 0.25) is 0 Å². The third kappa shape index (κ3) is 3.99. The molecule has 3 heterocycles. The highest BCUT2D eigenvalue weighted by Gasteiger charge is 2.14. The molecule has 0 aliphatic rings. The van der Waals surface area contributed by atoms with E-state index in [2.05, 4.69) is 15.4 Å². The molecule has 3 aromatic heterocycles. The number of nitrogens with one attached hydrogen (secondary N) is 1. The molecule has 0 radical (unpaired) electrons. The molecule has 0 unspecified atom stereocenters. The average Bonchev–Trinajstić information content (AvgIpc) is 3.33. The van der Waals surface area contributed by atoms with Gasteiger partial charge in [0.15, 0.2) is 0 Å². The summed E-state index contributed by atoms with van der Waals surface area (Å²) in [5, 5.41) is 8.94. The number of halogens is 1. The summed E-state index contributed by atoms with van der Waals surface area (Å²) in [5.74, 6) is -0.523. The highest BCUT2D eigenvalue weighted by Crippen LogP contribution is 2.14. The van der Waals surface area contributed by atoms with Gasteiger partial charge in [0.1, 0.15) is 11.5 Å². The Morgan fingerprint density at radius 3 is 2.79 bits per heavy atom. The molecule has 4 aromatic rings. The Balaban J connectivity index is 1.53. The van der Waals surface area contributed by atoms with Crippen molar-refractivity contribution in [1.29, 1.82) is 0 Å². The van der Waals surface area contributed by atoms with E-state index in [4.69, 9.17) is 4.42 Å². The Morgan fingerprint density at radius 2 is 2.04 bits per heavy atom. The van der Waals surface area contributed by atoms with Crippen LogP contribution >= 0.6 is 11.3 Å². The molecule has 0 fully saturated rings. The van der Waals surface area contributed by atoms with E-state index in [1.165, 1.54) is 28.0 Å². The van der Waals surface area contributed by atoms with Crippen LogP contribution in [-0.4, -0.2) is 20.5 Å². The van der Waals surface area contributed by atoms with Crippen LogP contribution in [-0.2, 0) is 24.2 Å². The van der Waals surface area contributed by atoms with E-state index in [0.29, 0.717) is 17.2 Å². The monoisotopic (exact) mass is 398 g/mol. The zero-order chi connectivity index (χ0) is 19.5. The summed E-state index contributed by atoms with van der Waals surface area (Å²) in [7, 11) is 0. The normalized spacial score (nSPS) is 11.0. The fourth-order valence-electron chi connectivity index (χ4n) is 2.68. The van der Waals surface area contributed by atoms with Gasteiger partial charge in [0.25, 0.3) is 5.56 Å². The van der Waals surface area contributed by atoms with E-state index < -0.39 is 5.56 Å². The molecule has 142 valence electrons. The fourth-order valence-corrected chi connectivity index (χ4v) is 3.50. The van der Waals surface area contributed by atoms with Gasteiger partial charge in [-0.2, -0.15) is 10.1 Å². The SMILES string of the molecule is O=C(Cc1csc2nc(=O)c(Cc3ccc(F)cc3)nn12)NCc1ccoc1. The summed E-state index contributed by atoms with van der Waals surface area (Å²) in [6.45, 7) is 0.369. The highest BCUT2D eigenvalue weighted by molar-refractivity contribution is 7.15. The maximum absolute atomic E-state index is 13.1. The van der Waals surface area contributed by atoms with Crippen molar-refractivity contribution in [1.82, 2.24) is 19.9 Å². The summed E-state index contributed by atoms with van der Waals surface area (Å²) < 4.78 is 19.5. The maximum Gasteiger partial charge on any atom is 0.296 e. The van der Waals surface area contributed by atoms with Gasteiger partial charge in [-0.1, -0.05) is 12.1 Å². The molecule has 0 saturated heterocycles. The molecule has 0 saturated carbocycles. The van der Waals surface area contributed by atoms with Gasteiger partial charge < -0.3 is 9.73 Å². The Morgan fingerprint density at radius 1 is 1.21 bits per heavy atom. The minimum Gasteiger partial charge on any atom is -0.472 e. The summed E-state index contributed by atoms with van der Waals surface area (Å²) in [5.41, 5.74) is 2.07. The lowest BCUT2D eigenvalue weighted by atomic mass is 10.1. The van der Waals surface area contributed by atoms with Gasteiger partial charge in [-0.25, -0.2) is 8.91 Å². The van der Waals surface area contributed by atoms with Crippen molar-refractivity contribution in [2.45, 2.75) is 19.4 Å². The van der Waals surface area contributed by atoms with Gasteiger partial charge in [-0.15, -0.1) is 11.3 Å². The van der Waals surface area contributed by atoms with Crippen molar-refractivity contribution in [3.63, 3.8) is 0 Å². The Hall–Kier alpha value is -3.33. The van der Waals surface area contributed by atoms with E-state index in [9.17, 15) is 14.0 Å². The van der Waals surface area contributed by atoms with Crippen LogP contribution in [0.25, 0.3) is 4.96 Å². The Kier molecular flexibility index (Phi) is 4.98. The van der Waals surface area contributed by atoms with E-state index in [1.54, 1.807) is 36.1 Å². The van der Waals surface area contributed by atoms with Crippen LogP contribution in [0.3, 0.4) is 0 Å². The number of fused-ring (bicyclic) bond motifs is 1. The lowest BCUT2D eigenvalue weighted by molar-refractivity contribution is -0.120. The smallest absolute Gasteiger partial charge is 0.296 e. The first kappa shape index (κ1) is 18.1. The van der Waals surface area contributed by atoms with Crippen molar-refractivity contribution in [3.05, 3.63) is 86.9 Å². The van der Waals surface area contributed by atoms with Gasteiger partial charge in [0.05, 0.1) is 24.6 Å². The second kappa shape index (κ2) is 7.73. The van der Waals surface area contributed by atoms with Gasteiger partial charge in [0, 0.05) is 23.9 Å². The number of nitrogens with zero attached hydrogens (tertiary/aromatic N) is 3. The number of carbonyl (C=O) groups is 1. The number of furan rings is 1. The number of hydrogen-bond donors (Lipinski definition) is 1. The first-order valence-electron chi connectivity index (χ1n) is 8.47. The molecule has 0 aliphatic heterocycles. The topological polar surface area (TPSA) is 89.5 Å². The quantitative estimate of drug-likeness (QED) is 0.538. The van der Waals surface area contributed by atoms with Crippen LogP contribution in [0.1, 0.15) is 22.5 Å². The minimum absolute atomic E-state index is 0.103. The van der Waals surface area contributed by atoms with Crippen molar-refractivity contribution < 1.29 is 13.6 Å². The lowest BCUT2D eigenvalue weighted by Crippen LogP contribution is -2.25. The second-order valence-electron chi connectivity index (χ2n) is 6.17. The highest BCUT2D eigenvalue weighted by atomic mass is 32.1. The standard InChI is InChI=1S/C19H15FN4O3S/c20-14-3-1-12(2-4-14)7-16-18(26)22-19-24(23-16)15(11-28-19)8-17(25)21-9-13-5-6-27-10-13/h1-6,10-11H,7-9H2,(H,21,25). The summed E-state index contributed by atoms with van der Waals surface area (Å²) in [6.07, 6.45) is 3.45. The number of hydrogen-bond acceptors (Lipinski definition) is 6. The van der Waals surface area contributed by atoms with Gasteiger partial charge >= 0.3 is 0 Å². The molecule has 9 heteroatoms. The van der Waals surface area contributed by atoms with E-state index in [0.717, 1.165) is 11.1 Å². The maximum atomic E-state index is 13.1. The minimum atomic E-state index is -0.429. The zero-order valence-electron chi connectivity index (χ0n) is 14.6. The first-order chi connectivity index (χ1) is 13.6. The molecule has 1 amide bonds. The summed E-state index contributed by atoms with van der Waals surface area (Å²) >= 11 is 1.25. The number of carbonyl (C=O) groups excluding carboxylic acids is 1. The van der Waals surface area contributed by atoms with Gasteiger partial charge in [-0.05, 0) is 23.8 Å². The molecule has 28 heavy (non-hydrogen) atoms. The van der Waals surface area contributed by atoms with Gasteiger partial charge in [0.2, 0.25) is 10.9 Å². The Bertz CT molecular complexity index is 1170. The number of rotatable bonds is 6. The Labute approximate surface area is 162 Å². The van der Waals surface area contributed by atoms with E-state index in [1.807, 2.05) is 0 Å². The molecule has 7 nitrogen and oxygen atoms in total. The largest absolute Gasteiger partial charge is 0.472 e. The molecule has 0 bridgehead atoms. The molecule has 1 N–H and O–H groups in total. The van der Waals surface area contributed by atoms with Crippen LogP contribution in [0.5, 0.6) is 0 Å². The van der Waals surface area contributed by atoms with Gasteiger partial charge in [-0.3, -0.25) is 9.59 Å². The van der Waals surface area contributed by atoms with Crippen LogP contribution in [0.4, 0.5) is 4.39 Å².